The molecule has 2 unspecified atom stereocenters. The Morgan fingerprint density at radius 3 is 2.64 bits per heavy atom. The highest BCUT2D eigenvalue weighted by Gasteiger charge is 2.32. The van der Waals surface area contributed by atoms with Gasteiger partial charge in [0.25, 0.3) is 0 Å². The Labute approximate surface area is 85.3 Å². The van der Waals surface area contributed by atoms with Crippen LogP contribution in [0.5, 0.6) is 0 Å². The van der Waals surface area contributed by atoms with Crippen molar-refractivity contribution in [3.05, 3.63) is 0 Å². The van der Waals surface area contributed by atoms with Gasteiger partial charge in [0, 0.05) is 19.7 Å². The molecule has 1 aliphatic carbocycles. The molecule has 1 rings (SSSR count). The Morgan fingerprint density at radius 2 is 2.21 bits per heavy atom. The van der Waals surface area contributed by atoms with Crippen LogP contribution in [0.4, 0.5) is 0 Å². The van der Waals surface area contributed by atoms with Gasteiger partial charge >= 0.3 is 0 Å². The van der Waals surface area contributed by atoms with Gasteiger partial charge in [0.05, 0.1) is 18.8 Å². The maximum absolute atomic E-state index is 9.59. The van der Waals surface area contributed by atoms with Crippen molar-refractivity contribution in [1.29, 1.82) is 0 Å². The highest BCUT2D eigenvalue weighted by molar-refractivity contribution is 4.88. The van der Waals surface area contributed by atoms with E-state index in [1.165, 1.54) is 12.8 Å². The van der Waals surface area contributed by atoms with Crippen LogP contribution in [-0.2, 0) is 4.74 Å². The van der Waals surface area contributed by atoms with Crippen LogP contribution in [0.2, 0.25) is 0 Å². The summed E-state index contributed by atoms with van der Waals surface area (Å²) in [4.78, 5) is 0. The van der Waals surface area contributed by atoms with E-state index in [-0.39, 0.29) is 6.61 Å². The number of nitrogens with one attached hydrogen (secondary N) is 1. The predicted molar refractivity (Wildman–Crippen MR) is 54.1 cm³/mol. The largest absolute Gasteiger partial charge is 0.393 e. The van der Waals surface area contributed by atoms with Crippen LogP contribution in [0.15, 0.2) is 0 Å². The molecule has 3 N–H and O–H groups in total. The van der Waals surface area contributed by atoms with Crippen molar-refractivity contribution in [2.45, 2.75) is 31.4 Å². The molecule has 4 nitrogen and oxygen atoms in total. The molecule has 0 bridgehead atoms. The molecule has 0 spiro atoms. The molecule has 2 atom stereocenters. The van der Waals surface area contributed by atoms with Crippen LogP contribution in [0, 0.1) is 5.92 Å². The summed E-state index contributed by atoms with van der Waals surface area (Å²) in [6.45, 7) is 2.49. The molecule has 0 aromatic rings. The van der Waals surface area contributed by atoms with Gasteiger partial charge in [0.1, 0.15) is 0 Å². The molecule has 0 radical (unpaired) electrons. The average Bonchev–Trinajstić information content (AvgIpc) is 2.95. The number of aliphatic hydroxyl groups is 2. The van der Waals surface area contributed by atoms with Crippen molar-refractivity contribution in [3.8, 4) is 0 Å². The van der Waals surface area contributed by atoms with Gasteiger partial charge in [-0.1, -0.05) is 0 Å². The zero-order chi connectivity index (χ0) is 10.6. The lowest BCUT2D eigenvalue weighted by Crippen LogP contribution is -2.47. The van der Waals surface area contributed by atoms with E-state index in [0.29, 0.717) is 25.1 Å². The lowest BCUT2D eigenvalue weighted by molar-refractivity contribution is -0.00215. The van der Waals surface area contributed by atoms with Gasteiger partial charge in [-0.25, -0.2) is 0 Å². The third-order valence-electron chi connectivity index (χ3n) is 2.62. The molecular weight excluding hydrogens is 182 g/mol. The Balaban J connectivity index is 2.25. The summed E-state index contributed by atoms with van der Waals surface area (Å²) in [6, 6.07) is 0.318. The Kier molecular flexibility index (Phi) is 4.31. The second kappa shape index (κ2) is 5.07. The smallest absolute Gasteiger partial charge is 0.0972 e. The second-order valence-electron chi connectivity index (χ2n) is 4.44. The van der Waals surface area contributed by atoms with E-state index >= 15 is 0 Å². The van der Waals surface area contributed by atoms with Crippen LogP contribution in [0.3, 0.4) is 0 Å². The maximum Gasteiger partial charge on any atom is 0.0972 e. The van der Waals surface area contributed by atoms with E-state index in [0.717, 1.165) is 0 Å². The van der Waals surface area contributed by atoms with Gasteiger partial charge in [-0.15, -0.1) is 0 Å². The minimum absolute atomic E-state index is 0.218. The van der Waals surface area contributed by atoms with E-state index < -0.39 is 5.60 Å². The van der Waals surface area contributed by atoms with E-state index in [2.05, 4.69) is 5.32 Å². The van der Waals surface area contributed by atoms with Gasteiger partial charge in [-0.05, 0) is 25.7 Å². The molecule has 0 aromatic carbocycles. The summed E-state index contributed by atoms with van der Waals surface area (Å²) >= 11 is 0. The minimum atomic E-state index is -1.03. The van der Waals surface area contributed by atoms with Crippen molar-refractivity contribution in [1.82, 2.24) is 5.32 Å². The van der Waals surface area contributed by atoms with Crippen LogP contribution < -0.4 is 5.32 Å². The monoisotopic (exact) mass is 203 g/mol. The van der Waals surface area contributed by atoms with E-state index in [1.54, 1.807) is 14.0 Å². The number of hydrogen-bond acceptors (Lipinski definition) is 4. The first-order chi connectivity index (χ1) is 6.59. The third kappa shape index (κ3) is 3.92. The maximum atomic E-state index is 9.59. The second-order valence-corrected chi connectivity index (χ2v) is 4.44. The molecule has 1 saturated carbocycles. The molecular formula is C10H21NO3. The number of aliphatic hydroxyl groups excluding tert-OH is 1. The highest BCUT2D eigenvalue weighted by atomic mass is 16.5. The molecule has 0 amide bonds. The minimum Gasteiger partial charge on any atom is -0.393 e. The molecule has 4 heteroatoms. The summed E-state index contributed by atoms with van der Waals surface area (Å²) in [5, 5.41) is 21.7. The topological polar surface area (TPSA) is 61.7 Å². The van der Waals surface area contributed by atoms with E-state index in [9.17, 15) is 5.11 Å². The van der Waals surface area contributed by atoms with E-state index in [4.69, 9.17) is 9.84 Å². The first-order valence-electron chi connectivity index (χ1n) is 5.14. The Hall–Kier alpha value is -0.160. The van der Waals surface area contributed by atoms with Crippen molar-refractivity contribution in [3.63, 3.8) is 0 Å². The number of rotatable bonds is 7. The number of hydrogen-bond donors (Lipinski definition) is 3. The van der Waals surface area contributed by atoms with Crippen LogP contribution >= 0.6 is 0 Å². The van der Waals surface area contributed by atoms with Gasteiger partial charge < -0.3 is 20.3 Å². The molecule has 1 fully saturated rings. The standard InChI is InChI=1S/C10H21NO3/c1-10(13,7-12)6-11-9(5-14-2)8-3-4-8/h8-9,11-13H,3-7H2,1-2H3. The van der Waals surface area contributed by atoms with Crippen LogP contribution in [0.1, 0.15) is 19.8 Å². The SMILES string of the molecule is COCC(NCC(C)(O)CO)C1CC1. The summed E-state index contributed by atoms with van der Waals surface area (Å²) in [5.41, 5.74) is -1.03. The van der Waals surface area contributed by atoms with Gasteiger partial charge in [-0.3, -0.25) is 0 Å². The first-order valence-corrected chi connectivity index (χ1v) is 5.14. The highest BCUT2D eigenvalue weighted by Crippen LogP contribution is 2.32. The summed E-state index contributed by atoms with van der Waals surface area (Å²) in [7, 11) is 1.68. The quantitative estimate of drug-likeness (QED) is 0.534. The lowest BCUT2D eigenvalue weighted by atomic mass is 10.1. The predicted octanol–water partition coefficient (Wildman–Crippen LogP) is -0.256. The zero-order valence-electron chi connectivity index (χ0n) is 8.99. The molecule has 0 aliphatic heterocycles. The van der Waals surface area contributed by atoms with Crippen molar-refractivity contribution in [2.24, 2.45) is 5.92 Å². The fourth-order valence-corrected chi connectivity index (χ4v) is 1.45. The van der Waals surface area contributed by atoms with Crippen molar-refractivity contribution in [2.75, 3.05) is 26.9 Å². The lowest BCUT2D eigenvalue weighted by Gasteiger charge is -2.25. The molecule has 84 valence electrons. The Morgan fingerprint density at radius 1 is 1.57 bits per heavy atom. The third-order valence-corrected chi connectivity index (χ3v) is 2.62. The summed E-state index contributed by atoms with van der Waals surface area (Å²) < 4.78 is 5.10. The van der Waals surface area contributed by atoms with Crippen molar-refractivity contribution < 1.29 is 14.9 Å². The fraction of sp³-hybridized carbons (Fsp3) is 1.00. The van der Waals surface area contributed by atoms with E-state index in [1.807, 2.05) is 0 Å². The first kappa shape index (κ1) is 11.9. The Bertz CT molecular complexity index is 169. The van der Waals surface area contributed by atoms with Crippen LogP contribution in [0.25, 0.3) is 0 Å². The molecule has 0 saturated heterocycles. The molecule has 0 aromatic heterocycles. The van der Waals surface area contributed by atoms with Gasteiger partial charge in [0.15, 0.2) is 0 Å². The van der Waals surface area contributed by atoms with Crippen LogP contribution in [-0.4, -0.2) is 48.7 Å². The summed E-state index contributed by atoms with van der Waals surface area (Å²) in [6.07, 6.45) is 2.48. The average molecular weight is 203 g/mol. The molecule has 14 heavy (non-hydrogen) atoms. The molecule has 0 heterocycles. The molecule has 1 aliphatic rings. The normalized spacial score (nSPS) is 23.1. The fourth-order valence-electron chi connectivity index (χ4n) is 1.45. The zero-order valence-corrected chi connectivity index (χ0v) is 8.99. The van der Waals surface area contributed by atoms with Gasteiger partial charge in [0.2, 0.25) is 0 Å². The summed E-state index contributed by atoms with van der Waals surface area (Å²) in [5.74, 6) is 0.685. The number of methoxy groups -OCH3 is 1. The van der Waals surface area contributed by atoms with Gasteiger partial charge in [-0.2, -0.15) is 0 Å². The number of ether oxygens (including phenoxy) is 1. The van der Waals surface area contributed by atoms with Crippen molar-refractivity contribution >= 4 is 0 Å².